The molecule has 1 spiro atoms. The second-order valence-corrected chi connectivity index (χ2v) is 15.6. The standard InChI is InChI=1S/C41H42ClF3N8O5/c1-22-24(8-7-11-27(22)46-35-33-30(19-31(48-35)41(43,44)45)50(2)39(56)51(3)37(33)54)25-9-6-10-26(34(25)42)28-18-23-12-13-29(32(23)36(47-28)58-5)52-15-14-40(20-52)21-53(16-17-57-4)38(55)49-40/h6-11,18-19,29H,12-17,20-21H2,1-5H3,(H,46,48)(H,49,55)/t29-,40+/m1/s1. The van der Waals surface area contributed by atoms with E-state index >= 15 is 0 Å². The molecule has 2 atom stereocenters. The van der Waals surface area contributed by atoms with Crippen molar-refractivity contribution < 1.29 is 27.4 Å². The van der Waals surface area contributed by atoms with Gasteiger partial charge in [-0.3, -0.25) is 18.8 Å². The van der Waals surface area contributed by atoms with E-state index in [-0.39, 0.29) is 34.3 Å². The van der Waals surface area contributed by atoms with Crippen molar-refractivity contribution in [3.63, 3.8) is 0 Å². The Bertz CT molecular complexity index is 2610. The van der Waals surface area contributed by atoms with Gasteiger partial charge in [-0.05, 0) is 61.1 Å². The van der Waals surface area contributed by atoms with Crippen molar-refractivity contribution in [2.45, 2.75) is 43.9 Å². The SMILES string of the molecule is COCCN1C[C@@]2(CCN([C@@H]3CCc4cc(-c5cccc(-c6cccc(Nc7nc(C(F)(F)F)cc8c7c(=O)n(C)c(=O)n8C)c6C)c5Cl)nc(OC)c43)C2)NC1=O. The van der Waals surface area contributed by atoms with E-state index in [9.17, 15) is 27.6 Å². The minimum absolute atomic E-state index is 0.0607. The van der Waals surface area contributed by atoms with E-state index in [1.54, 1.807) is 33.3 Å². The van der Waals surface area contributed by atoms with Gasteiger partial charge in [0.05, 0.1) is 35.5 Å². The van der Waals surface area contributed by atoms with Crippen LogP contribution < -0.4 is 26.6 Å². The number of methoxy groups -OCH3 is 2. The lowest BCUT2D eigenvalue weighted by Crippen LogP contribution is -2.46. The molecule has 58 heavy (non-hydrogen) atoms. The van der Waals surface area contributed by atoms with Crippen LogP contribution in [0.1, 0.15) is 41.3 Å². The third kappa shape index (κ3) is 6.66. The third-order valence-corrected chi connectivity index (χ3v) is 12.2. The van der Waals surface area contributed by atoms with Gasteiger partial charge in [0.25, 0.3) is 5.56 Å². The molecule has 304 valence electrons. The predicted molar refractivity (Wildman–Crippen MR) is 214 cm³/mol. The predicted octanol–water partition coefficient (Wildman–Crippen LogP) is 6.20. The van der Waals surface area contributed by atoms with Gasteiger partial charge in [0.15, 0.2) is 0 Å². The number of anilines is 2. The van der Waals surface area contributed by atoms with E-state index in [2.05, 4.69) is 26.6 Å². The van der Waals surface area contributed by atoms with Crippen molar-refractivity contribution in [1.82, 2.24) is 34.2 Å². The van der Waals surface area contributed by atoms with Crippen molar-refractivity contribution in [2.75, 3.05) is 52.3 Å². The van der Waals surface area contributed by atoms with Crippen LogP contribution in [0.2, 0.25) is 5.02 Å². The number of pyridine rings is 2. The maximum absolute atomic E-state index is 14.0. The number of hydrogen-bond acceptors (Lipinski definition) is 9. The molecule has 2 aromatic carbocycles. The summed E-state index contributed by atoms with van der Waals surface area (Å²) < 4.78 is 55.1. The van der Waals surface area contributed by atoms with Crippen LogP contribution in [0.5, 0.6) is 5.88 Å². The third-order valence-electron chi connectivity index (χ3n) is 11.8. The molecule has 8 rings (SSSR count). The zero-order valence-electron chi connectivity index (χ0n) is 32.6. The van der Waals surface area contributed by atoms with Crippen molar-refractivity contribution in [3.8, 4) is 28.3 Å². The number of alkyl halides is 3. The molecule has 13 nitrogen and oxygen atoms in total. The smallest absolute Gasteiger partial charge is 0.433 e. The topological polar surface area (TPSA) is 136 Å². The summed E-state index contributed by atoms with van der Waals surface area (Å²) in [6.07, 6.45) is -2.33. The van der Waals surface area contributed by atoms with E-state index in [4.69, 9.17) is 26.1 Å². The van der Waals surface area contributed by atoms with Gasteiger partial charge in [-0.2, -0.15) is 13.2 Å². The number of aryl methyl sites for hydroxylation is 2. The zero-order valence-corrected chi connectivity index (χ0v) is 33.3. The minimum atomic E-state index is -4.85. The normalized spacial score (nSPS) is 19.4. The number of ether oxygens (including phenoxy) is 2. The number of hydrogen-bond donors (Lipinski definition) is 2. The largest absolute Gasteiger partial charge is 0.481 e. The van der Waals surface area contributed by atoms with Crippen LogP contribution in [-0.2, 0) is 31.4 Å². The summed E-state index contributed by atoms with van der Waals surface area (Å²) in [5, 5.41) is 6.47. The molecule has 0 unspecified atom stereocenters. The molecule has 5 aromatic rings. The summed E-state index contributed by atoms with van der Waals surface area (Å²) in [4.78, 5) is 51.8. The molecule has 2 amide bonds. The summed E-state index contributed by atoms with van der Waals surface area (Å²) in [6.45, 7) is 4.99. The van der Waals surface area contributed by atoms with Crippen LogP contribution in [-0.4, -0.2) is 87.5 Å². The molecule has 0 radical (unpaired) electrons. The lowest BCUT2D eigenvalue weighted by Gasteiger charge is -2.28. The van der Waals surface area contributed by atoms with Crippen LogP contribution in [0.3, 0.4) is 0 Å². The highest BCUT2D eigenvalue weighted by Crippen LogP contribution is 2.47. The molecule has 3 aromatic heterocycles. The van der Waals surface area contributed by atoms with Crippen molar-refractivity contribution in [1.29, 1.82) is 0 Å². The number of amides is 2. The van der Waals surface area contributed by atoms with Gasteiger partial charge in [0.2, 0.25) is 5.88 Å². The van der Waals surface area contributed by atoms with Gasteiger partial charge < -0.3 is 25.0 Å². The Balaban J connectivity index is 1.11. The van der Waals surface area contributed by atoms with Crippen molar-refractivity contribution in [2.24, 2.45) is 14.1 Å². The molecule has 5 heterocycles. The molecule has 3 aliphatic rings. The molecule has 0 saturated carbocycles. The Labute approximate surface area is 336 Å². The maximum Gasteiger partial charge on any atom is 0.433 e. The number of nitrogens with zero attached hydrogens (tertiary/aromatic N) is 6. The highest BCUT2D eigenvalue weighted by Gasteiger charge is 2.49. The van der Waals surface area contributed by atoms with E-state index in [0.717, 1.165) is 52.6 Å². The van der Waals surface area contributed by atoms with Crippen LogP contribution in [0.4, 0.5) is 29.5 Å². The minimum Gasteiger partial charge on any atom is -0.481 e. The Morgan fingerprint density at radius 2 is 1.74 bits per heavy atom. The first-order valence-electron chi connectivity index (χ1n) is 18.9. The number of fused-ring (bicyclic) bond motifs is 2. The van der Waals surface area contributed by atoms with Crippen LogP contribution in [0.15, 0.2) is 58.1 Å². The van der Waals surface area contributed by atoms with Crippen molar-refractivity contribution >= 4 is 40.0 Å². The average Bonchev–Trinajstić information content (AvgIpc) is 3.90. The summed E-state index contributed by atoms with van der Waals surface area (Å²) in [7, 11) is 5.80. The molecule has 2 saturated heterocycles. The Hall–Kier alpha value is -5.45. The van der Waals surface area contributed by atoms with E-state index in [1.165, 1.54) is 14.1 Å². The zero-order chi connectivity index (χ0) is 41.3. The number of carbonyl (C=O) groups is 1. The first kappa shape index (κ1) is 39.4. The highest BCUT2D eigenvalue weighted by atomic mass is 35.5. The molecular weight excluding hydrogens is 777 g/mol. The molecule has 1 aliphatic carbocycles. The first-order chi connectivity index (χ1) is 27.6. The van der Waals surface area contributed by atoms with Gasteiger partial charge in [-0.15, -0.1) is 0 Å². The monoisotopic (exact) mass is 818 g/mol. The average molecular weight is 819 g/mol. The molecule has 2 N–H and O–H groups in total. The molecular formula is C41H42ClF3N8O5. The number of aromatic nitrogens is 4. The van der Waals surface area contributed by atoms with E-state index in [1.807, 2.05) is 29.2 Å². The highest BCUT2D eigenvalue weighted by molar-refractivity contribution is 6.36. The number of rotatable bonds is 9. The second-order valence-electron chi connectivity index (χ2n) is 15.2. The Morgan fingerprint density at radius 1 is 1.00 bits per heavy atom. The van der Waals surface area contributed by atoms with Crippen molar-refractivity contribution in [3.05, 3.63) is 96.8 Å². The van der Waals surface area contributed by atoms with Gasteiger partial charge in [-0.1, -0.05) is 41.9 Å². The quantitative estimate of drug-likeness (QED) is 0.178. The van der Waals surface area contributed by atoms with Gasteiger partial charge in [0, 0.05) is 75.8 Å². The fourth-order valence-corrected chi connectivity index (χ4v) is 9.09. The number of nitrogens with one attached hydrogen (secondary N) is 2. The number of urea groups is 1. The molecule has 2 fully saturated rings. The molecule has 2 aliphatic heterocycles. The summed E-state index contributed by atoms with van der Waals surface area (Å²) >= 11 is 7.22. The van der Waals surface area contributed by atoms with Gasteiger partial charge >= 0.3 is 17.9 Å². The summed E-state index contributed by atoms with van der Waals surface area (Å²) in [6, 6.07) is 13.6. The van der Waals surface area contributed by atoms with Crippen LogP contribution in [0.25, 0.3) is 33.3 Å². The van der Waals surface area contributed by atoms with Gasteiger partial charge in [0.1, 0.15) is 16.9 Å². The summed E-state index contributed by atoms with van der Waals surface area (Å²) in [5.41, 5.74) is 2.46. The first-order valence-corrected chi connectivity index (χ1v) is 19.2. The number of carbonyl (C=O) groups excluding carboxylic acids is 1. The number of likely N-dealkylation sites (tertiary alicyclic amines) is 1. The summed E-state index contributed by atoms with van der Waals surface area (Å²) in [5.74, 6) is 0.177. The maximum atomic E-state index is 14.0. The Morgan fingerprint density at radius 3 is 2.48 bits per heavy atom. The lowest BCUT2D eigenvalue weighted by molar-refractivity contribution is -0.141. The van der Waals surface area contributed by atoms with E-state index < -0.39 is 23.1 Å². The second kappa shape index (κ2) is 14.7. The lowest BCUT2D eigenvalue weighted by atomic mass is 9.96. The fourth-order valence-electron chi connectivity index (χ4n) is 8.76. The van der Waals surface area contributed by atoms with Crippen LogP contribution in [0, 0.1) is 6.92 Å². The molecule has 0 bridgehead atoms. The Kier molecular flexibility index (Phi) is 10.0. The number of benzene rings is 2. The van der Waals surface area contributed by atoms with Crippen LogP contribution >= 0.6 is 11.6 Å². The van der Waals surface area contributed by atoms with Gasteiger partial charge in [-0.25, -0.2) is 19.6 Å². The fraction of sp³-hybridized carbons (Fsp3) is 0.390. The molecule has 17 heteroatoms. The van der Waals surface area contributed by atoms with E-state index in [0.29, 0.717) is 70.3 Å². The number of halogens is 4.